The summed E-state index contributed by atoms with van der Waals surface area (Å²) in [6.45, 7) is -0.492. The first kappa shape index (κ1) is 16.2. The van der Waals surface area contributed by atoms with Crippen LogP contribution in [0, 0.1) is 0 Å². The first-order chi connectivity index (χ1) is 11.4. The number of carboxylic acid groups (broad SMARTS) is 1. The number of hydrogen-bond acceptors (Lipinski definition) is 4. The van der Waals surface area contributed by atoms with Crippen molar-refractivity contribution in [2.24, 2.45) is 0 Å². The molecular weight excluding hydrogens is 352 g/mol. The van der Waals surface area contributed by atoms with E-state index in [1.807, 2.05) is 12.1 Å². The smallest absolute Gasteiger partial charge is 0.323 e. The van der Waals surface area contributed by atoms with Gasteiger partial charge in [-0.3, -0.25) is 14.5 Å². The minimum atomic E-state index is -1.14. The molecule has 1 aliphatic rings. The highest BCUT2D eigenvalue weighted by molar-refractivity contribution is 7.80. The normalized spacial score (nSPS) is 15.9. The lowest BCUT2D eigenvalue weighted by molar-refractivity contribution is -0.140. The van der Waals surface area contributed by atoms with Crippen LogP contribution in [-0.2, 0) is 9.59 Å². The highest BCUT2D eigenvalue weighted by atomic mass is 35.5. The van der Waals surface area contributed by atoms with Crippen molar-refractivity contribution in [2.45, 2.75) is 0 Å². The molecule has 1 saturated heterocycles. The Labute approximate surface area is 147 Å². The SMILES string of the molecule is O=C(O)CN1C(=O)/C(=C/c2ccc(-c3cccc(Cl)c3)o2)NC1=S. The lowest BCUT2D eigenvalue weighted by atomic mass is 10.2. The molecule has 1 fully saturated rings. The quantitative estimate of drug-likeness (QED) is 0.643. The molecule has 0 bridgehead atoms. The zero-order valence-corrected chi connectivity index (χ0v) is 13.7. The Morgan fingerprint density at radius 3 is 2.88 bits per heavy atom. The summed E-state index contributed by atoms with van der Waals surface area (Å²) in [5.74, 6) is -0.626. The molecule has 0 aliphatic carbocycles. The van der Waals surface area contributed by atoms with Crippen LogP contribution >= 0.6 is 23.8 Å². The molecule has 2 heterocycles. The van der Waals surface area contributed by atoms with Crippen LogP contribution in [0.3, 0.4) is 0 Å². The number of nitrogens with zero attached hydrogens (tertiary/aromatic N) is 1. The summed E-state index contributed by atoms with van der Waals surface area (Å²) in [7, 11) is 0. The molecule has 1 aliphatic heterocycles. The lowest BCUT2D eigenvalue weighted by Gasteiger charge is -2.09. The van der Waals surface area contributed by atoms with Crippen molar-refractivity contribution < 1.29 is 19.1 Å². The number of carbonyl (C=O) groups excluding carboxylic acids is 1. The summed E-state index contributed by atoms with van der Waals surface area (Å²) >= 11 is 10.9. The number of nitrogens with one attached hydrogen (secondary N) is 1. The molecule has 0 atom stereocenters. The molecule has 3 rings (SSSR count). The van der Waals surface area contributed by atoms with E-state index in [2.05, 4.69) is 5.32 Å². The molecule has 2 N–H and O–H groups in total. The van der Waals surface area contributed by atoms with Crippen LogP contribution in [-0.4, -0.2) is 33.5 Å². The summed E-state index contributed by atoms with van der Waals surface area (Å²) in [5, 5.41) is 12.1. The van der Waals surface area contributed by atoms with E-state index >= 15 is 0 Å². The average Bonchev–Trinajstić information content (AvgIpc) is 3.08. The fourth-order valence-corrected chi connectivity index (χ4v) is 2.67. The zero-order valence-electron chi connectivity index (χ0n) is 12.2. The van der Waals surface area contributed by atoms with E-state index in [9.17, 15) is 9.59 Å². The topological polar surface area (TPSA) is 82.8 Å². The van der Waals surface area contributed by atoms with Gasteiger partial charge in [0.1, 0.15) is 23.8 Å². The number of rotatable bonds is 4. The van der Waals surface area contributed by atoms with E-state index in [1.54, 1.807) is 24.3 Å². The van der Waals surface area contributed by atoms with Crippen molar-refractivity contribution in [1.82, 2.24) is 10.2 Å². The average molecular weight is 363 g/mol. The Bertz CT molecular complexity index is 874. The van der Waals surface area contributed by atoms with Crippen LogP contribution < -0.4 is 5.32 Å². The number of halogens is 1. The van der Waals surface area contributed by atoms with E-state index in [4.69, 9.17) is 33.3 Å². The van der Waals surface area contributed by atoms with Gasteiger partial charge in [-0.2, -0.15) is 0 Å². The van der Waals surface area contributed by atoms with Gasteiger partial charge in [-0.1, -0.05) is 23.7 Å². The van der Waals surface area contributed by atoms with Crippen molar-refractivity contribution in [3.8, 4) is 11.3 Å². The van der Waals surface area contributed by atoms with Crippen molar-refractivity contribution >= 4 is 46.9 Å². The molecule has 2 aromatic rings. The van der Waals surface area contributed by atoms with Crippen LogP contribution in [0.4, 0.5) is 0 Å². The van der Waals surface area contributed by atoms with Crippen LogP contribution in [0.1, 0.15) is 5.76 Å². The molecule has 0 unspecified atom stereocenters. The van der Waals surface area contributed by atoms with Gasteiger partial charge in [0.05, 0.1) is 0 Å². The highest BCUT2D eigenvalue weighted by Gasteiger charge is 2.32. The van der Waals surface area contributed by atoms with Gasteiger partial charge in [0.15, 0.2) is 5.11 Å². The third kappa shape index (κ3) is 3.32. The maximum atomic E-state index is 12.2. The number of aliphatic carboxylic acids is 1. The minimum Gasteiger partial charge on any atom is -0.480 e. The summed E-state index contributed by atoms with van der Waals surface area (Å²) in [5.41, 5.74) is 0.967. The molecule has 1 aromatic carbocycles. The Hall–Kier alpha value is -2.64. The Kier molecular flexibility index (Phi) is 4.37. The number of benzene rings is 1. The van der Waals surface area contributed by atoms with E-state index in [0.29, 0.717) is 16.5 Å². The number of carboxylic acids is 1. The van der Waals surface area contributed by atoms with Gasteiger partial charge in [-0.25, -0.2) is 0 Å². The maximum absolute atomic E-state index is 12.2. The molecule has 24 heavy (non-hydrogen) atoms. The second kappa shape index (κ2) is 6.46. The lowest BCUT2D eigenvalue weighted by Crippen LogP contribution is -2.35. The first-order valence-electron chi connectivity index (χ1n) is 6.86. The number of hydrogen-bond donors (Lipinski definition) is 2. The number of carbonyl (C=O) groups is 2. The Morgan fingerprint density at radius 1 is 1.38 bits per heavy atom. The zero-order chi connectivity index (χ0) is 17.3. The molecule has 0 spiro atoms. The van der Waals surface area contributed by atoms with Gasteiger partial charge < -0.3 is 14.8 Å². The minimum absolute atomic E-state index is 0.0512. The Morgan fingerprint density at radius 2 is 2.17 bits per heavy atom. The van der Waals surface area contributed by atoms with Gasteiger partial charge in [-0.05, 0) is 36.5 Å². The first-order valence-corrected chi connectivity index (χ1v) is 7.65. The number of furan rings is 1. The van der Waals surface area contributed by atoms with Crippen LogP contribution in [0.15, 0.2) is 46.5 Å². The molecule has 0 saturated carbocycles. The molecule has 1 amide bonds. The van der Waals surface area contributed by atoms with Gasteiger partial charge in [-0.15, -0.1) is 0 Å². The third-order valence-electron chi connectivity index (χ3n) is 3.28. The maximum Gasteiger partial charge on any atom is 0.323 e. The fraction of sp³-hybridized carbons (Fsp3) is 0.0625. The third-order valence-corrected chi connectivity index (χ3v) is 3.84. The summed E-state index contributed by atoms with van der Waals surface area (Å²) in [6, 6.07) is 10.6. The van der Waals surface area contributed by atoms with E-state index in [1.165, 1.54) is 6.08 Å². The second-order valence-electron chi connectivity index (χ2n) is 4.99. The molecule has 122 valence electrons. The predicted molar refractivity (Wildman–Crippen MR) is 92.2 cm³/mol. The van der Waals surface area contributed by atoms with Gasteiger partial charge in [0, 0.05) is 16.7 Å². The predicted octanol–water partition coefficient (Wildman–Crippen LogP) is 2.74. The standard InChI is InChI=1S/C16H11ClN2O4S/c17-10-3-1-2-9(6-10)13-5-4-11(23-13)7-12-15(22)19(8-14(20)21)16(24)18-12/h1-7H,8H2,(H,18,24)(H,20,21)/b12-7-. The molecule has 6 nitrogen and oxygen atoms in total. The van der Waals surface area contributed by atoms with E-state index in [-0.39, 0.29) is 10.8 Å². The summed E-state index contributed by atoms with van der Waals surface area (Å²) < 4.78 is 5.68. The highest BCUT2D eigenvalue weighted by Crippen LogP contribution is 2.26. The van der Waals surface area contributed by atoms with E-state index < -0.39 is 18.4 Å². The van der Waals surface area contributed by atoms with Crippen molar-refractivity contribution in [2.75, 3.05) is 6.54 Å². The van der Waals surface area contributed by atoms with Crippen LogP contribution in [0.25, 0.3) is 17.4 Å². The fourth-order valence-electron chi connectivity index (χ4n) is 2.22. The molecule has 1 aromatic heterocycles. The van der Waals surface area contributed by atoms with Gasteiger partial charge in [0.25, 0.3) is 5.91 Å². The summed E-state index contributed by atoms with van der Waals surface area (Å²) in [4.78, 5) is 23.9. The molecule has 0 radical (unpaired) electrons. The van der Waals surface area contributed by atoms with Gasteiger partial charge >= 0.3 is 5.97 Å². The Balaban J connectivity index is 1.84. The van der Waals surface area contributed by atoms with Crippen LogP contribution in [0.2, 0.25) is 5.02 Å². The van der Waals surface area contributed by atoms with Crippen molar-refractivity contribution in [3.05, 3.63) is 52.9 Å². The van der Waals surface area contributed by atoms with Crippen LogP contribution in [0.5, 0.6) is 0 Å². The molecule has 8 heteroatoms. The second-order valence-corrected chi connectivity index (χ2v) is 5.81. The van der Waals surface area contributed by atoms with Crippen molar-refractivity contribution in [1.29, 1.82) is 0 Å². The summed E-state index contributed by atoms with van der Waals surface area (Å²) in [6.07, 6.45) is 1.48. The van der Waals surface area contributed by atoms with Crippen molar-refractivity contribution in [3.63, 3.8) is 0 Å². The van der Waals surface area contributed by atoms with Gasteiger partial charge in [0.2, 0.25) is 0 Å². The number of amides is 1. The molecular formula is C16H11ClN2O4S. The van der Waals surface area contributed by atoms with E-state index in [0.717, 1.165) is 10.5 Å². The largest absolute Gasteiger partial charge is 0.480 e. The monoisotopic (exact) mass is 362 g/mol. The number of thiocarbonyl (C=S) groups is 1.